The first-order chi connectivity index (χ1) is 25.5. The van der Waals surface area contributed by atoms with E-state index in [1.54, 1.807) is 21.0 Å². The fraction of sp³-hybridized carbons (Fsp3) is 1.00. The van der Waals surface area contributed by atoms with Crippen molar-refractivity contribution in [2.75, 3.05) is 47.4 Å². The van der Waals surface area contributed by atoms with E-state index in [1.165, 1.54) is 0 Å². The summed E-state index contributed by atoms with van der Waals surface area (Å²) in [6.07, 6.45) is -4.64. The van der Waals surface area contributed by atoms with Crippen molar-refractivity contribution < 1.29 is 54.0 Å². The lowest BCUT2D eigenvalue weighted by Gasteiger charge is -2.54. The number of likely N-dealkylation sites (N-methyl/N-ethyl adjacent to an activating group) is 1. The van der Waals surface area contributed by atoms with E-state index in [0.717, 1.165) is 13.0 Å². The molecule has 3 heterocycles. The average molecular weight is 792 g/mol. The van der Waals surface area contributed by atoms with Gasteiger partial charge in [0.05, 0.1) is 48.8 Å². The normalized spacial score (nSPS) is 48.7. The first-order valence-corrected chi connectivity index (χ1v) is 20.9. The van der Waals surface area contributed by atoms with E-state index in [-0.39, 0.29) is 43.6 Å². The van der Waals surface area contributed by atoms with Crippen LogP contribution in [0.15, 0.2) is 0 Å². The van der Waals surface area contributed by atoms with E-state index in [9.17, 15) is 25.5 Å². The fourth-order valence-corrected chi connectivity index (χ4v) is 9.35. The molecule has 0 aromatic rings. The van der Waals surface area contributed by atoms with Crippen molar-refractivity contribution in [1.29, 1.82) is 0 Å². The van der Waals surface area contributed by atoms with Gasteiger partial charge >= 0.3 is 0 Å². The molecule has 7 N–H and O–H groups in total. The summed E-state index contributed by atoms with van der Waals surface area (Å²) in [6, 6.07) is -0.698. The second-order valence-corrected chi connectivity index (χ2v) is 18.3. The summed E-state index contributed by atoms with van der Waals surface area (Å²) < 4.78 is 39.1. The van der Waals surface area contributed by atoms with Crippen LogP contribution in [0.2, 0.25) is 0 Å². The lowest BCUT2D eigenvalue weighted by Crippen LogP contribution is -2.70. The van der Waals surface area contributed by atoms with Crippen molar-refractivity contribution in [3.8, 4) is 0 Å². The van der Waals surface area contributed by atoms with Gasteiger partial charge in [0.2, 0.25) is 0 Å². The Bertz CT molecular complexity index is 1150. The second kappa shape index (κ2) is 20.1. The third-order valence-corrected chi connectivity index (χ3v) is 13.0. The highest BCUT2D eigenvalue weighted by atomic mass is 16.7. The van der Waals surface area contributed by atoms with Crippen molar-refractivity contribution in [1.82, 2.24) is 15.5 Å². The minimum absolute atomic E-state index is 0.0948. The monoisotopic (exact) mass is 792 g/mol. The third kappa shape index (κ3) is 11.4. The Balaban J connectivity index is 2.11. The van der Waals surface area contributed by atoms with E-state index in [2.05, 4.69) is 17.6 Å². The number of nitrogens with zero attached hydrogens (tertiary/aromatic N) is 1. The zero-order chi connectivity index (χ0) is 41.7. The Labute approximate surface area is 332 Å². The van der Waals surface area contributed by atoms with Crippen LogP contribution in [0.25, 0.3) is 0 Å². The predicted molar refractivity (Wildman–Crippen MR) is 212 cm³/mol. The molecule has 14 nitrogen and oxygen atoms in total. The number of ether oxygens (including phenoxy) is 6. The summed E-state index contributed by atoms with van der Waals surface area (Å²) in [5, 5.41) is 66.0. The maximum Gasteiger partial charge on any atom is 0.185 e. The van der Waals surface area contributed by atoms with Crippen LogP contribution in [-0.2, 0) is 28.4 Å². The highest BCUT2D eigenvalue weighted by molar-refractivity contribution is 5.07. The Hall–Kier alpha value is -0.560. The fourth-order valence-electron chi connectivity index (χ4n) is 9.35. The molecule has 0 amide bonds. The molecule has 0 aliphatic carbocycles. The van der Waals surface area contributed by atoms with Crippen molar-refractivity contribution in [2.24, 2.45) is 17.8 Å². The molecule has 3 aliphatic heterocycles. The molecular weight excluding hydrogens is 710 g/mol. The van der Waals surface area contributed by atoms with Crippen LogP contribution in [0.3, 0.4) is 0 Å². The molecule has 3 saturated heterocycles. The molecule has 14 heteroatoms. The van der Waals surface area contributed by atoms with Crippen LogP contribution in [-0.4, -0.2) is 168 Å². The molecule has 18 atom stereocenters. The molecule has 3 rings (SSSR count). The Kier molecular flexibility index (Phi) is 17.9. The molecule has 0 bridgehead atoms. The van der Waals surface area contributed by atoms with Gasteiger partial charge in [-0.15, -0.1) is 0 Å². The van der Waals surface area contributed by atoms with E-state index in [1.807, 2.05) is 74.4 Å². The van der Waals surface area contributed by atoms with Gasteiger partial charge in [-0.3, -0.25) is 0 Å². The number of nitrogens with one attached hydrogen (secondary N) is 2. The second-order valence-electron chi connectivity index (χ2n) is 18.3. The van der Waals surface area contributed by atoms with Gasteiger partial charge in [-0.2, -0.15) is 0 Å². The summed E-state index contributed by atoms with van der Waals surface area (Å²) in [5.41, 5.74) is -5.42. The van der Waals surface area contributed by atoms with Crippen molar-refractivity contribution >= 4 is 0 Å². The Morgan fingerprint density at radius 2 is 1.58 bits per heavy atom. The van der Waals surface area contributed by atoms with Gasteiger partial charge in [0, 0.05) is 44.0 Å². The maximum atomic E-state index is 12.6. The van der Waals surface area contributed by atoms with Crippen LogP contribution < -0.4 is 10.6 Å². The number of aliphatic hydroxyl groups is 5. The molecule has 0 saturated carbocycles. The van der Waals surface area contributed by atoms with E-state index in [4.69, 9.17) is 28.4 Å². The van der Waals surface area contributed by atoms with Crippen molar-refractivity contribution in [2.45, 2.75) is 198 Å². The van der Waals surface area contributed by atoms with Crippen LogP contribution in [0, 0.1) is 17.8 Å². The predicted octanol–water partition coefficient (Wildman–Crippen LogP) is 2.40. The van der Waals surface area contributed by atoms with Crippen LogP contribution in [0.1, 0.15) is 108 Å². The lowest BCUT2D eigenvalue weighted by molar-refractivity contribution is -0.337. The van der Waals surface area contributed by atoms with E-state index >= 15 is 0 Å². The molecule has 0 unspecified atom stereocenters. The number of hydrogen-bond donors (Lipinski definition) is 7. The summed E-state index contributed by atoms with van der Waals surface area (Å²) in [4.78, 5) is 1.97. The molecule has 3 aliphatic rings. The minimum Gasteiger partial charge on any atom is -0.388 e. The number of methoxy groups -OCH3 is 1. The van der Waals surface area contributed by atoms with Crippen molar-refractivity contribution in [3.63, 3.8) is 0 Å². The third-order valence-electron chi connectivity index (χ3n) is 13.0. The van der Waals surface area contributed by atoms with Gasteiger partial charge in [-0.1, -0.05) is 34.6 Å². The molecule has 0 aromatic heterocycles. The number of aliphatic hydroxyl groups excluding tert-OH is 2. The lowest BCUT2D eigenvalue weighted by atomic mass is 9.75. The summed E-state index contributed by atoms with van der Waals surface area (Å²) in [6.45, 7) is 22.4. The Morgan fingerprint density at radius 1 is 0.927 bits per heavy atom. The molecule has 326 valence electrons. The highest BCUT2D eigenvalue weighted by Crippen LogP contribution is 2.43. The van der Waals surface area contributed by atoms with E-state index in [0.29, 0.717) is 25.8 Å². The van der Waals surface area contributed by atoms with Gasteiger partial charge in [-0.25, -0.2) is 0 Å². The zero-order valence-electron chi connectivity index (χ0n) is 36.6. The molecule has 0 radical (unpaired) electrons. The van der Waals surface area contributed by atoms with Gasteiger partial charge in [-0.05, 0) is 100 Å². The molecule has 55 heavy (non-hydrogen) atoms. The van der Waals surface area contributed by atoms with Gasteiger partial charge in [0.1, 0.15) is 22.9 Å². The first kappa shape index (κ1) is 48.8. The number of hydrogen-bond acceptors (Lipinski definition) is 14. The highest BCUT2D eigenvalue weighted by Gasteiger charge is 2.58. The molecular formula is C41H81N3O11. The standard InChI is InChI=1S/C41H81N3O11/c1-15-17-42-23-41(49)29(8)53-32(20-39(41,10)50-14)54-34-25(4)22-51-31(16-2)40(11,48)35(46)28(7)43-21-24(3)19-38(9,47)36(27(34)6)55-37-33(45)30(44(12)13)18-26(5)52-37/h24-37,42-43,45-49H,15-23H2,1-14H3/t24-,25-,26-,27+,28-,29+,30+,31-,32+,33-,34+,35-,36-,37+,38-,39-,40-,41+/m1/s1. The average Bonchev–Trinajstić information content (AvgIpc) is 3.10. The van der Waals surface area contributed by atoms with Gasteiger partial charge in [0.15, 0.2) is 12.6 Å². The largest absolute Gasteiger partial charge is 0.388 e. The SMILES string of the molecule is CCCNC[C@]1(O)[C@H](C)O[C@@H](O[C@@H]2[C@H](C)[C@@H](O[C@@H]3O[C@H](C)C[C@H](N(C)C)[C@H]3O)[C@](C)(O)C[C@@H](C)CN[C@H](C)[C@@H](O)[C@](C)(O)[C@@H](CC)OC[C@H]2C)C[C@@]1(C)OC. The van der Waals surface area contributed by atoms with Crippen LogP contribution in [0.4, 0.5) is 0 Å². The van der Waals surface area contributed by atoms with Crippen molar-refractivity contribution in [3.05, 3.63) is 0 Å². The molecule has 3 fully saturated rings. The minimum atomic E-state index is -1.57. The smallest absolute Gasteiger partial charge is 0.185 e. The summed E-state index contributed by atoms with van der Waals surface area (Å²) >= 11 is 0. The first-order valence-electron chi connectivity index (χ1n) is 20.9. The van der Waals surface area contributed by atoms with Crippen LogP contribution in [0.5, 0.6) is 0 Å². The summed E-state index contributed by atoms with van der Waals surface area (Å²) in [5.74, 6) is -0.987. The van der Waals surface area contributed by atoms with Gasteiger partial charge in [0.25, 0.3) is 0 Å². The summed E-state index contributed by atoms with van der Waals surface area (Å²) in [7, 11) is 5.43. The number of rotatable bonds is 11. The quantitative estimate of drug-likeness (QED) is 0.152. The Morgan fingerprint density at radius 3 is 2.16 bits per heavy atom. The topological polar surface area (TPSA) is 184 Å². The van der Waals surface area contributed by atoms with Gasteiger partial charge < -0.3 is 69.5 Å². The molecule has 0 aromatic carbocycles. The molecule has 0 spiro atoms. The van der Waals surface area contributed by atoms with E-state index < -0.39 is 83.6 Å². The zero-order valence-corrected chi connectivity index (χ0v) is 36.6. The van der Waals surface area contributed by atoms with Crippen LogP contribution >= 0.6 is 0 Å². The maximum absolute atomic E-state index is 12.6.